The van der Waals surface area contributed by atoms with E-state index in [1.165, 1.54) is 18.9 Å². The molecule has 1 aliphatic rings. The van der Waals surface area contributed by atoms with Crippen LogP contribution in [0.5, 0.6) is 0 Å². The number of amides is 1. The summed E-state index contributed by atoms with van der Waals surface area (Å²) >= 11 is 0. The van der Waals surface area contributed by atoms with Gasteiger partial charge in [-0.05, 0) is 31.2 Å². The van der Waals surface area contributed by atoms with Gasteiger partial charge >= 0.3 is 11.9 Å². The largest absolute Gasteiger partial charge is 0.465 e. The molecule has 0 aromatic heterocycles. The average molecular weight is 395 g/mol. The zero-order valence-corrected chi connectivity index (χ0v) is 16.2. The van der Waals surface area contributed by atoms with Crippen molar-refractivity contribution in [3.05, 3.63) is 65.7 Å². The number of Topliss-reactive ketones (excluding diaryl/α,β-unsaturated/α-hetero) is 1. The van der Waals surface area contributed by atoms with Gasteiger partial charge in [0.2, 0.25) is 11.7 Å². The van der Waals surface area contributed by atoms with Crippen LogP contribution in [0.3, 0.4) is 0 Å². The Kier molecular flexibility index (Phi) is 6.07. The maximum absolute atomic E-state index is 12.5. The predicted molar refractivity (Wildman–Crippen MR) is 105 cm³/mol. The van der Waals surface area contributed by atoms with E-state index in [4.69, 9.17) is 4.74 Å². The van der Waals surface area contributed by atoms with Gasteiger partial charge in [0.1, 0.15) is 0 Å². The van der Waals surface area contributed by atoms with Crippen molar-refractivity contribution in [2.24, 2.45) is 5.92 Å². The molecule has 0 bridgehead atoms. The maximum Gasteiger partial charge on any atom is 0.337 e. The Hall–Kier alpha value is -3.48. The Bertz CT molecular complexity index is 922. The third-order valence-electron chi connectivity index (χ3n) is 4.78. The molecule has 0 saturated carbocycles. The van der Waals surface area contributed by atoms with Gasteiger partial charge in [-0.1, -0.05) is 30.3 Å². The first kappa shape index (κ1) is 20.3. The minimum Gasteiger partial charge on any atom is -0.465 e. The van der Waals surface area contributed by atoms with E-state index in [1.807, 2.05) is 0 Å². The van der Waals surface area contributed by atoms with Crippen molar-refractivity contribution in [2.75, 3.05) is 18.6 Å². The zero-order valence-electron chi connectivity index (χ0n) is 16.2. The third kappa shape index (κ3) is 4.51. The monoisotopic (exact) mass is 395 g/mol. The highest BCUT2D eigenvalue weighted by atomic mass is 16.5. The van der Waals surface area contributed by atoms with Gasteiger partial charge in [-0.3, -0.25) is 14.4 Å². The molecule has 0 N–H and O–H groups in total. The average Bonchev–Trinajstić information content (AvgIpc) is 3.15. The number of esters is 2. The van der Waals surface area contributed by atoms with Gasteiger partial charge in [0.15, 0.2) is 6.10 Å². The molecule has 29 heavy (non-hydrogen) atoms. The summed E-state index contributed by atoms with van der Waals surface area (Å²) in [7, 11) is 1.29. The molecular weight excluding hydrogens is 374 g/mol. The van der Waals surface area contributed by atoms with Gasteiger partial charge in [-0.15, -0.1) is 0 Å². The summed E-state index contributed by atoms with van der Waals surface area (Å²) in [5.74, 6) is -2.22. The molecule has 1 saturated heterocycles. The molecule has 0 radical (unpaired) electrons. The number of carbonyl (C=O) groups excluding carboxylic acids is 4. The second-order valence-corrected chi connectivity index (χ2v) is 6.75. The molecule has 2 atom stereocenters. The number of hydrogen-bond donors (Lipinski definition) is 0. The number of methoxy groups -OCH3 is 1. The van der Waals surface area contributed by atoms with Gasteiger partial charge < -0.3 is 14.4 Å². The normalized spacial score (nSPS) is 17.0. The SMILES string of the molecule is COC(=O)c1ccc(N2C[C@@H](C(=O)O[C@H](C)C(=O)c3ccccc3)CC2=O)cc1. The van der Waals surface area contributed by atoms with E-state index in [0.29, 0.717) is 16.8 Å². The fourth-order valence-corrected chi connectivity index (χ4v) is 3.17. The highest BCUT2D eigenvalue weighted by molar-refractivity contribution is 6.02. The van der Waals surface area contributed by atoms with E-state index in [0.717, 1.165) is 0 Å². The predicted octanol–water partition coefficient (Wildman–Crippen LogP) is 2.64. The Morgan fingerprint density at radius 3 is 2.28 bits per heavy atom. The van der Waals surface area contributed by atoms with Gasteiger partial charge in [0.05, 0.1) is 18.6 Å². The summed E-state index contributed by atoms with van der Waals surface area (Å²) < 4.78 is 9.97. The summed E-state index contributed by atoms with van der Waals surface area (Å²) in [4.78, 5) is 50.2. The quantitative estimate of drug-likeness (QED) is 0.552. The number of ether oxygens (including phenoxy) is 2. The Morgan fingerprint density at radius 1 is 1.00 bits per heavy atom. The first-order valence-corrected chi connectivity index (χ1v) is 9.19. The summed E-state index contributed by atoms with van der Waals surface area (Å²) in [6.07, 6.45) is -0.933. The fraction of sp³-hybridized carbons (Fsp3) is 0.273. The van der Waals surface area contributed by atoms with E-state index in [1.54, 1.807) is 54.6 Å². The lowest BCUT2D eigenvalue weighted by Gasteiger charge is -2.18. The van der Waals surface area contributed by atoms with Crippen LogP contribution in [0.1, 0.15) is 34.1 Å². The number of carbonyl (C=O) groups is 4. The lowest BCUT2D eigenvalue weighted by atomic mass is 10.1. The van der Waals surface area contributed by atoms with Crippen LogP contribution >= 0.6 is 0 Å². The Labute approximate surface area is 168 Å². The van der Waals surface area contributed by atoms with Crippen molar-refractivity contribution in [2.45, 2.75) is 19.4 Å². The molecule has 3 rings (SSSR count). The van der Waals surface area contributed by atoms with Crippen LogP contribution in [0, 0.1) is 5.92 Å². The first-order valence-electron chi connectivity index (χ1n) is 9.19. The molecule has 0 spiro atoms. The lowest BCUT2D eigenvalue weighted by Crippen LogP contribution is -2.30. The van der Waals surface area contributed by atoms with E-state index in [-0.39, 0.29) is 24.7 Å². The molecule has 1 fully saturated rings. The van der Waals surface area contributed by atoms with Crippen molar-refractivity contribution in [3.8, 4) is 0 Å². The second-order valence-electron chi connectivity index (χ2n) is 6.75. The van der Waals surface area contributed by atoms with Crippen LogP contribution < -0.4 is 4.90 Å². The standard InChI is InChI=1S/C22H21NO6/c1-14(20(25)15-6-4-3-5-7-15)29-22(27)17-12-19(24)23(13-17)18-10-8-16(9-11-18)21(26)28-2/h3-11,14,17H,12-13H2,1-2H3/t14-,17+/m1/s1. The first-order chi connectivity index (χ1) is 13.9. The van der Waals surface area contributed by atoms with Crippen LogP contribution in [0.2, 0.25) is 0 Å². The smallest absolute Gasteiger partial charge is 0.337 e. The van der Waals surface area contributed by atoms with Crippen molar-refractivity contribution in [1.82, 2.24) is 0 Å². The number of rotatable bonds is 6. The van der Waals surface area contributed by atoms with Crippen LogP contribution in [-0.4, -0.2) is 43.4 Å². The van der Waals surface area contributed by atoms with Gasteiger partial charge in [0.25, 0.3) is 0 Å². The number of ketones is 1. The number of anilines is 1. The molecule has 1 heterocycles. The van der Waals surface area contributed by atoms with Crippen molar-refractivity contribution >= 4 is 29.3 Å². The molecule has 1 aliphatic heterocycles. The fourth-order valence-electron chi connectivity index (χ4n) is 3.17. The second kappa shape index (κ2) is 8.68. The van der Waals surface area contributed by atoms with E-state index in [9.17, 15) is 19.2 Å². The number of hydrogen-bond acceptors (Lipinski definition) is 6. The van der Waals surface area contributed by atoms with Gasteiger partial charge in [-0.25, -0.2) is 4.79 Å². The summed E-state index contributed by atoms with van der Waals surface area (Å²) in [6, 6.07) is 14.9. The van der Waals surface area contributed by atoms with E-state index >= 15 is 0 Å². The van der Waals surface area contributed by atoms with Gasteiger partial charge in [-0.2, -0.15) is 0 Å². The van der Waals surface area contributed by atoms with Crippen LogP contribution in [0.15, 0.2) is 54.6 Å². The molecular formula is C22H21NO6. The molecule has 2 aromatic rings. The molecule has 0 unspecified atom stereocenters. The molecule has 150 valence electrons. The minimum absolute atomic E-state index is 0.00380. The van der Waals surface area contributed by atoms with Crippen LogP contribution in [0.25, 0.3) is 0 Å². The molecule has 7 nitrogen and oxygen atoms in total. The van der Waals surface area contributed by atoms with E-state index < -0.39 is 24.0 Å². The summed E-state index contributed by atoms with van der Waals surface area (Å²) in [5, 5.41) is 0. The van der Waals surface area contributed by atoms with Crippen LogP contribution in [0.4, 0.5) is 5.69 Å². The zero-order chi connectivity index (χ0) is 21.0. The Morgan fingerprint density at radius 2 is 1.66 bits per heavy atom. The topological polar surface area (TPSA) is 90.0 Å². The molecule has 2 aromatic carbocycles. The maximum atomic E-state index is 12.5. The minimum atomic E-state index is -0.937. The van der Waals surface area contributed by atoms with Crippen molar-refractivity contribution < 1.29 is 28.7 Å². The van der Waals surface area contributed by atoms with E-state index in [2.05, 4.69) is 4.74 Å². The number of benzene rings is 2. The molecule has 7 heteroatoms. The summed E-state index contributed by atoms with van der Waals surface area (Å²) in [6.45, 7) is 1.68. The molecule has 0 aliphatic carbocycles. The number of nitrogens with zero attached hydrogens (tertiary/aromatic N) is 1. The summed E-state index contributed by atoms with van der Waals surface area (Å²) in [5.41, 5.74) is 1.40. The van der Waals surface area contributed by atoms with Gasteiger partial charge in [0, 0.05) is 24.2 Å². The molecule has 1 amide bonds. The van der Waals surface area contributed by atoms with Crippen LogP contribution in [-0.2, 0) is 19.1 Å². The van der Waals surface area contributed by atoms with Crippen molar-refractivity contribution in [1.29, 1.82) is 0 Å². The highest BCUT2D eigenvalue weighted by Gasteiger charge is 2.37. The van der Waals surface area contributed by atoms with Crippen molar-refractivity contribution in [3.63, 3.8) is 0 Å². The highest BCUT2D eigenvalue weighted by Crippen LogP contribution is 2.26. The third-order valence-corrected chi connectivity index (χ3v) is 4.78. The Balaban J connectivity index is 1.62. The lowest BCUT2D eigenvalue weighted by molar-refractivity contribution is -0.151.